The molecular weight excluding hydrogens is 204 g/mol. The van der Waals surface area contributed by atoms with Crippen molar-refractivity contribution in [3.05, 3.63) is 12.3 Å². The molecule has 0 saturated heterocycles. The topological polar surface area (TPSA) is 78.0 Å². The van der Waals surface area contributed by atoms with Gasteiger partial charge in [0.1, 0.15) is 6.54 Å². The molecule has 0 aliphatic heterocycles. The van der Waals surface area contributed by atoms with Crippen LogP contribution in [0.2, 0.25) is 0 Å². The van der Waals surface area contributed by atoms with E-state index in [2.05, 4.69) is 5.10 Å². The highest BCUT2D eigenvalue weighted by atomic mass is 32.2. The molecule has 0 aliphatic carbocycles. The monoisotopic (exact) mass is 211 g/mol. The standard InChI is InChI=1S/C5H7F2N3O2S/c6-4(7)3-10-2-1-5(9-10)13(8,11)12/h1-2,4H,3H2,(H2,8,11,12). The van der Waals surface area contributed by atoms with Gasteiger partial charge in [0.25, 0.3) is 16.4 Å². The van der Waals surface area contributed by atoms with Gasteiger partial charge < -0.3 is 0 Å². The summed E-state index contributed by atoms with van der Waals surface area (Å²) in [5, 5.41) is 7.65. The Hall–Kier alpha value is -1.02. The maximum Gasteiger partial charge on any atom is 0.257 e. The molecule has 0 bridgehead atoms. The van der Waals surface area contributed by atoms with Crippen LogP contribution in [0, 0.1) is 0 Å². The minimum Gasteiger partial charge on any atom is -0.266 e. The predicted octanol–water partition coefficient (Wildman–Crippen LogP) is -0.204. The second kappa shape index (κ2) is 3.38. The molecule has 0 unspecified atom stereocenters. The van der Waals surface area contributed by atoms with Gasteiger partial charge in [0.2, 0.25) is 0 Å². The number of nitrogens with two attached hydrogens (primary N) is 1. The van der Waals surface area contributed by atoms with Gasteiger partial charge in [0, 0.05) is 6.20 Å². The fraction of sp³-hybridized carbons (Fsp3) is 0.400. The lowest BCUT2D eigenvalue weighted by molar-refractivity contribution is 0.121. The average molecular weight is 211 g/mol. The molecule has 0 radical (unpaired) electrons. The van der Waals surface area contributed by atoms with Gasteiger partial charge in [-0.1, -0.05) is 0 Å². The third-order valence-corrected chi connectivity index (χ3v) is 2.03. The van der Waals surface area contributed by atoms with Crippen LogP contribution in [-0.2, 0) is 16.6 Å². The molecule has 74 valence electrons. The third kappa shape index (κ3) is 2.74. The normalized spacial score (nSPS) is 12.3. The summed E-state index contributed by atoms with van der Waals surface area (Å²) < 4.78 is 45.7. The number of hydrogen-bond acceptors (Lipinski definition) is 3. The van der Waals surface area contributed by atoms with Gasteiger partial charge in [-0.15, -0.1) is 0 Å². The summed E-state index contributed by atoms with van der Waals surface area (Å²) >= 11 is 0. The second-order valence-corrected chi connectivity index (χ2v) is 3.82. The van der Waals surface area contributed by atoms with E-state index in [9.17, 15) is 17.2 Å². The van der Waals surface area contributed by atoms with E-state index < -0.39 is 28.0 Å². The van der Waals surface area contributed by atoms with Gasteiger partial charge in [-0.05, 0) is 6.07 Å². The number of sulfonamides is 1. The molecule has 0 atom stereocenters. The van der Waals surface area contributed by atoms with Crippen molar-refractivity contribution in [2.24, 2.45) is 5.14 Å². The SMILES string of the molecule is NS(=O)(=O)c1ccn(CC(F)F)n1. The zero-order valence-electron chi connectivity index (χ0n) is 6.39. The summed E-state index contributed by atoms with van der Waals surface area (Å²) in [5.41, 5.74) is 0. The molecule has 1 aromatic rings. The molecule has 1 rings (SSSR count). The van der Waals surface area contributed by atoms with Crippen LogP contribution in [0.25, 0.3) is 0 Å². The predicted molar refractivity (Wildman–Crippen MR) is 39.6 cm³/mol. The molecule has 13 heavy (non-hydrogen) atoms. The lowest BCUT2D eigenvalue weighted by atomic mass is 10.7. The van der Waals surface area contributed by atoms with E-state index in [-0.39, 0.29) is 0 Å². The molecule has 8 heteroatoms. The van der Waals surface area contributed by atoms with E-state index in [4.69, 9.17) is 5.14 Å². The van der Waals surface area contributed by atoms with Crippen molar-refractivity contribution >= 4 is 10.0 Å². The Kier molecular flexibility index (Phi) is 2.62. The highest BCUT2D eigenvalue weighted by Gasteiger charge is 2.12. The van der Waals surface area contributed by atoms with E-state index in [0.29, 0.717) is 0 Å². The van der Waals surface area contributed by atoms with Crippen LogP contribution < -0.4 is 5.14 Å². The molecule has 0 saturated carbocycles. The van der Waals surface area contributed by atoms with Crippen molar-refractivity contribution in [3.8, 4) is 0 Å². The van der Waals surface area contributed by atoms with Gasteiger partial charge >= 0.3 is 0 Å². The minimum atomic E-state index is -3.89. The number of primary sulfonamides is 1. The minimum absolute atomic E-state index is 0.409. The van der Waals surface area contributed by atoms with Gasteiger partial charge in [0.15, 0.2) is 5.03 Å². The molecule has 1 aromatic heterocycles. The van der Waals surface area contributed by atoms with Crippen molar-refractivity contribution < 1.29 is 17.2 Å². The first-order valence-corrected chi connectivity index (χ1v) is 4.78. The lowest BCUT2D eigenvalue weighted by Gasteiger charge is -1.97. The first-order chi connectivity index (χ1) is 5.89. The van der Waals surface area contributed by atoms with Gasteiger partial charge in [-0.25, -0.2) is 22.3 Å². The molecule has 5 nitrogen and oxygen atoms in total. The fourth-order valence-corrected chi connectivity index (χ4v) is 1.21. The number of hydrogen-bond donors (Lipinski definition) is 1. The summed E-state index contributed by atoms with van der Waals surface area (Å²) in [7, 11) is -3.89. The third-order valence-electron chi connectivity index (χ3n) is 1.23. The van der Waals surface area contributed by atoms with Gasteiger partial charge in [-0.2, -0.15) is 5.10 Å². The van der Waals surface area contributed by atoms with Crippen molar-refractivity contribution in [2.45, 2.75) is 18.0 Å². The van der Waals surface area contributed by atoms with E-state index in [0.717, 1.165) is 16.9 Å². The summed E-state index contributed by atoms with van der Waals surface area (Å²) in [6.07, 6.45) is -1.44. The van der Waals surface area contributed by atoms with Crippen molar-refractivity contribution in [2.75, 3.05) is 0 Å². The van der Waals surface area contributed by atoms with E-state index in [1.54, 1.807) is 0 Å². The number of rotatable bonds is 3. The van der Waals surface area contributed by atoms with Crippen LogP contribution in [0.3, 0.4) is 0 Å². The molecular formula is C5H7F2N3O2S. The van der Waals surface area contributed by atoms with Crippen molar-refractivity contribution in [1.29, 1.82) is 0 Å². The summed E-state index contributed by atoms with van der Waals surface area (Å²) in [6.45, 7) is -0.643. The molecule has 0 aliphatic rings. The summed E-state index contributed by atoms with van der Waals surface area (Å²) in [6, 6.07) is 1.07. The number of halogens is 2. The zero-order valence-corrected chi connectivity index (χ0v) is 7.21. The maximum atomic E-state index is 11.8. The Bertz CT molecular complexity index is 386. The first kappa shape index (κ1) is 10.1. The Labute approximate surface area is 73.2 Å². The Morgan fingerprint density at radius 2 is 2.23 bits per heavy atom. The number of nitrogens with zero attached hydrogens (tertiary/aromatic N) is 2. The van der Waals surface area contributed by atoms with Gasteiger partial charge in [-0.3, -0.25) is 4.68 Å². The van der Waals surface area contributed by atoms with Crippen molar-refractivity contribution in [3.63, 3.8) is 0 Å². The molecule has 1 heterocycles. The largest absolute Gasteiger partial charge is 0.266 e. The van der Waals surface area contributed by atoms with Crippen molar-refractivity contribution in [1.82, 2.24) is 9.78 Å². The molecule has 0 fully saturated rings. The van der Waals surface area contributed by atoms with Crippen LogP contribution in [0.5, 0.6) is 0 Å². The molecule has 0 spiro atoms. The lowest BCUT2D eigenvalue weighted by Crippen LogP contribution is -2.14. The molecule has 0 amide bonds. The molecule has 0 aromatic carbocycles. The van der Waals surface area contributed by atoms with E-state index >= 15 is 0 Å². The number of alkyl halides is 2. The fourth-order valence-electron chi connectivity index (χ4n) is 0.738. The van der Waals surface area contributed by atoms with Crippen LogP contribution >= 0.6 is 0 Å². The molecule has 2 N–H and O–H groups in total. The highest BCUT2D eigenvalue weighted by Crippen LogP contribution is 2.03. The second-order valence-electron chi connectivity index (χ2n) is 2.31. The Morgan fingerprint density at radius 1 is 1.62 bits per heavy atom. The quantitative estimate of drug-likeness (QED) is 0.751. The summed E-state index contributed by atoms with van der Waals surface area (Å²) in [5.74, 6) is 0. The van der Waals surface area contributed by atoms with E-state index in [1.807, 2.05) is 0 Å². The first-order valence-electron chi connectivity index (χ1n) is 3.24. The highest BCUT2D eigenvalue weighted by molar-refractivity contribution is 7.89. The Morgan fingerprint density at radius 3 is 2.62 bits per heavy atom. The Balaban J connectivity index is 2.88. The smallest absolute Gasteiger partial charge is 0.257 e. The van der Waals surface area contributed by atoms with Crippen LogP contribution in [0.15, 0.2) is 17.3 Å². The van der Waals surface area contributed by atoms with Crippen LogP contribution in [0.1, 0.15) is 0 Å². The van der Waals surface area contributed by atoms with Crippen LogP contribution in [0.4, 0.5) is 8.78 Å². The van der Waals surface area contributed by atoms with E-state index in [1.165, 1.54) is 0 Å². The zero-order chi connectivity index (χ0) is 10.1. The van der Waals surface area contributed by atoms with Crippen LogP contribution in [-0.4, -0.2) is 24.6 Å². The maximum absolute atomic E-state index is 11.8. The average Bonchev–Trinajstić information content (AvgIpc) is 2.32. The van der Waals surface area contributed by atoms with Gasteiger partial charge in [0.05, 0.1) is 0 Å². The number of aromatic nitrogens is 2. The summed E-state index contributed by atoms with van der Waals surface area (Å²) in [4.78, 5) is 0.